The Morgan fingerprint density at radius 2 is 2.29 bits per heavy atom. The molecular weight excluding hydrogens is 224 g/mol. The quantitative estimate of drug-likeness (QED) is 0.787. The van der Waals surface area contributed by atoms with Gasteiger partial charge in [-0.25, -0.2) is 8.42 Å². The third kappa shape index (κ3) is 2.31. The highest BCUT2D eigenvalue weighted by molar-refractivity contribution is 7.91. The zero-order chi connectivity index (χ0) is 10.8. The maximum atomic E-state index is 11.7. The zero-order valence-electron chi connectivity index (χ0n) is 7.50. The molecular formula is C7H10N2O3S2. The number of primary amides is 1. The predicted octanol–water partition coefficient (Wildman–Crippen LogP) is -0.146. The Morgan fingerprint density at radius 1 is 1.64 bits per heavy atom. The summed E-state index contributed by atoms with van der Waals surface area (Å²) in [5.41, 5.74) is 4.90. The molecule has 0 aliphatic carbocycles. The number of rotatable bonds is 4. The number of thiophene rings is 1. The van der Waals surface area contributed by atoms with Crippen molar-refractivity contribution in [3.63, 3.8) is 0 Å². The molecule has 0 atom stereocenters. The number of sulfonamides is 1. The first kappa shape index (κ1) is 11.2. The van der Waals surface area contributed by atoms with Crippen molar-refractivity contribution in [3.05, 3.63) is 17.5 Å². The highest BCUT2D eigenvalue weighted by Gasteiger charge is 2.22. The van der Waals surface area contributed by atoms with Gasteiger partial charge in [0.15, 0.2) is 0 Å². The van der Waals surface area contributed by atoms with Gasteiger partial charge in [0, 0.05) is 7.05 Å². The second kappa shape index (κ2) is 4.07. The molecule has 0 aliphatic heterocycles. The number of nitrogens with zero attached hydrogens (tertiary/aromatic N) is 1. The monoisotopic (exact) mass is 234 g/mol. The first-order valence-corrected chi connectivity index (χ1v) is 6.04. The van der Waals surface area contributed by atoms with E-state index in [9.17, 15) is 13.2 Å². The van der Waals surface area contributed by atoms with Crippen LogP contribution in [0.2, 0.25) is 0 Å². The predicted molar refractivity (Wildman–Crippen MR) is 53.3 cm³/mol. The number of likely N-dealkylation sites (N-methyl/N-ethyl adjacent to an activating group) is 1. The molecule has 78 valence electrons. The number of carbonyl (C=O) groups is 1. The van der Waals surface area contributed by atoms with Crippen LogP contribution in [0.25, 0.3) is 0 Å². The van der Waals surface area contributed by atoms with Gasteiger partial charge in [-0.3, -0.25) is 4.79 Å². The van der Waals surface area contributed by atoms with Gasteiger partial charge < -0.3 is 5.73 Å². The summed E-state index contributed by atoms with van der Waals surface area (Å²) in [6.07, 6.45) is 0. The van der Waals surface area contributed by atoms with Crippen LogP contribution in [0, 0.1) is 0 Å². The molecule has 0 aromatic carbocycles. The summed E-state index contributed by atoms with van der Waals surface area (Å²) in [5.74, 6) is -0.673. The van der Waals surface area contributed by atoms with Crippen LogP contribution < -0.4 is 5.73 Å². The molecule has 2 N–H and O–H groups in total. The van der Waals surface area contributed by atoms with E-state index in [-0.39, 0.29) is 10.8 Å². The van der Waals surface area contributed by atoms with Gasteiger partial charge in [0.05, 0.1) is 6.54 Å². The third-order valence-electron chi connectivity index (χ3n) is 1.54. The van der Waals surface area contributed by atoms with E-state index in [1.54, 1.807) is 11.4 Å². The maximum absolute atomic E-state index is 11.7. The van der Waals surface area contributed by atoms with Gasteiger partial charge in [0.1, 0.15) is 4.21 Å². The summed E-state index contributed by atoms with van der Waals surface area (Å²) >= 11 is 1.10. The van der Waals surface area contributed by atoms with Gasteiger partial charge >= 0.3 is 0 Å². The highest BCUT2D eigenvalue weighted by atomic mass is 32.2. The van der Waals surface area contributed by atoms with Gasteiger partial charge in [-0.05, 0) is 11.4 Å². The van der Waals surface area contributed by atoms with Crippen molar-refractivity contribution in [2.75, 3.05) is 13.6 Å². The summed E-state index contributed by atoms with van der Waals surface area (Å²) in [5, 5.41) is 1.66. The van der Waals surface area contributed by atoms with Crippen LogP contribution >= 0.6 is 11.3 Å². The smallest absolute Gasteiger partial charge is 0.252 e. The zero-order valence-corrected chi connectivity index (χ0v) is 9.14. The van der Waals surface area contributed by atoms with Gasteiger partial charge in [0.2, 0.25) is 5.91 Å². The van der Waals surface area contributed by atoms with Gasteiger partial charge in [-0.15, -0.1) is 11.3 Å². The Balaban J connectivity index is 2.92. The van der Waals surface area contributed by atoms with Crippen molar-refractivity contribution in [1.82, 2.24) is 4.31 Å². The molecule has 0 spiro atoms. The molecule has 14 heavy (non-hydrogen) atoms. The van der Waals surface area contributed by atoms with E-state index in [0.717, 1.165) is 15.6 Å². The van der Waals surface area contributed by atoms with Crippen molar-refractivity contribution >= 4 is 27.3 Å². The lowest BCUT2D eigenvalue weighted by Gasteiger charge is -2.13. The van der Waals surface area contributed by atoms with Crippen molar-refractivity contribution in [1.29, 1.82) is 0 Å². The summed E-state index contributed by atoms with van der Waals surface area (Å²) < 4.78 is 24.5. The van der Waals surface area contributed by atoms with Crippen molar-refractivity contribution < 1.29 is 13.2 Å². The van der Waals surface area contributed by atoms with Crippen LogP contribution in [0.4, 0.5) is 0 Å². The van der Waals surface area contributed by atoms with Crippen LogP contribution in [0.1, 0.15) is 0 Å². The normalized spacial score (nSPS) is 11.9. The van der Waals surface area contributed by atoms with Crippen LogP contribution in [0.15, 0.2) is 21.7 Å². The van der Waals surface area contributed by atoms with E-state index < -0.39 is 15.9 Å². The number of amides is 1. The molecule has 0 saturated heterocycles. The topological polar surface area (TPSA) is 80.5 Å². The second-order valence-corrected chi connectivity index (χ2v) is 5.88. The number of hydrogen-bond donors (Lipinski definition) is 1. The van der Waals surface area contributed by atoms with Gasteiger partial charge in [-0.1, -0.05) is 6.07 Å². The summed E-state index contributed by atoms with van der Waals surface area (Å²) in [6, 6.07) is 3.12. The Hall–Kier alpha value is -0.920. The molecule has 1 heterocycles. The molecule has 1 rings (SSSR count). The lowest BCUT2D eigenvalue weighted by atomic mass is 10.6. The minimum absolute atomic E-state index is 0.209. The Kier molecular flexibility index (Phi) is 3.25. The van der Waals surface area contributed by atoms with E-state index in [1.807, 2.05) is 0 Å². The lowest BCUT2D eigenvalue weighted by Crippen LogP contribution is -2.34. The average molecular weight is 234 g/mol. The first-order valence-electron chi connectivity index (χ1n) is 3.72. The molecule has 5 nitrogen and oxygen atoms in total. The van der Waals surface area contributed by atoms with E-state index in [1.165, 1.54) is 13.1 Å². The first-order chi connectivity index (χ1) is 6.44. The molecule has 1 aromatic rings. The Morgan fingerprint density at radius 3 is 2.71 bits per heavy atom. The van der Waals surface area contributed by atoms with Crippen molar-refractivity contribution in [3.8, 4) is 0 Å². The van der Waals surface area contributed by atoms with E-state index >= 15 is 0 Å². The molecule has 1 aromatic heterocycles. The molecule has 0 bridgehead atoms. The molecule has 0 unspecified atom stereocenters. The third-order valence-corrected chi connectivity index (χ3v) is 4.71. The number of hydrogen-bond acceptors (Lipinski definition) is 4. The summed E-state index contributed by atoms with van der Waals surface area (Å²) in [7, 11) is -2.22. The standard InChI is InChI=1S/C7H10N2O3S2/c1-9(5-6(8)10)14(11,12)7-3-2-4-13-7/h2-4H,5H2,1H3,(H2,8,10). The fourth-order valence-electron chi connectivity index (χ4n) is 0.868. The molecule has 0 aliphatic rings. The van der Waals surface area contributed by atoms with E-state index in [0.29, 0.717) is 0 Å². The number of nitrogens with two attached hydrogens (primary N) is 1. The maximum Gasteiger partial charge on any atom is 0.252 e. The Labute approximate surface area is 86.2 Å². The second-order valence-electron chi connectivity index (χ2n) is 2.66. The Bertz CT molecular complexity index is 410. The summed E-state index contributed by atoms with van der Waals surface area (Å²) in [6.45, 7) is -0.305. The van der Waals surface area contributed by atoms with Crippen LogP contribution in [-0.4, -0.2) is 32.2 Å². The molecule has 7 heteroatoms. The fourth-order valence-corrected chi connectivity index (χ4v) is 3.21. The van der Waals surface area contributed by atoms with Crippen LogP contribution in [-0.2, 0) is 14.8 Å². The van der Waals surface area contributed by atoms with Gasteiger partial charge in [0.25, 0.3) is 10.0 Å². The highest BCUT2D eigenvalue weighted by Crippen LogP contribution is 2.19. The van der Waals surface area contributed by atoms with Gasteiger partial charge in [-0.2, -0.15) is 4.31 Å². The van der Waals surface area contributed by atoms with E-state index in [2.05, 4.69) is 0 Å². The molecule has 0 fully saturated rings. The average Bonchev–Trinajstić information content (AvgIpc) is 2.54. The van der Waals surface area contributed by atoms with E-state index in [4.69, 9.17) is 5.73 Å². The van der Waals surface area contributed by atoms with Crippen molar-refractivity contribution in [2.45, 2.75) is 4.21 Å². The molecule has 0 saturated carbocycles. The minimum Gasteiger partial charge on any atom is -0.369 e. The lowest BCUT2D eigenvalue weighted by molar-refractivity contribution is -0.118. The molecule has 1 amide bonds. The summed E-state index contributed by atoms with van der Waals surface area (Å²) in [4.78, 5) is 10.5. The van der Waals surface area contributed by atoms with Crippen LogP contribution in [0.5, 0.6) is 0 Å². The minimum atomic E-state index is -3.54. The number of carbonyl (C=O) groups excluding carboxylic acids is 1. The fraction of sp³-hybridized carbons (Fsp3) is 0.286. The van der Waals surface area contributed by atoms with Crippen molar-refractivity contribution in [2.24, 2.45) is 5.73 Å². The van der Waals surface area contributed by atoms with Crippen LogP contribution in [0.3, 0.4) is 0 Å². The molecule has 0 radical (unpaired) electrons. The SMILES string of the molecule is CN(CC(N)=O)S(=O)(=O)c1cccs1. The largest absolute Gasteiger partial charge is 0.369 e.